The first-order valence-electron chi connectivity index (χ1n) is 8.69. The number of rotatable bonds is 6. The number of hydrogen-bond acceptors (Lipinski definition) is 3. The van der Waals surface area contributed by atoms with E-state index in [-0.39, 0.29) is 6.54 Å². The lowest BCUT2D eigenvalue weighted by Gasteiger charge is -2.32. The van der Waals surface area contributed by atoms with E-state index < -0.39 is 17.4 Å². The summed E-state index contributed by atoms with van der Waals surface area (Å²) in [4.78, 5) is 24.5. The standard InChI is InChI=1S/C21H26N2O3/c1-5-21(26-4,17-11-7-6-8-12-17)14-22-19(24)20(25)23-18-13-9-10-15(2)16(18)3/h6-13H,5,14H2,1-4H3,(H,22,24)(H,23,25). The van der Waals surface area contributed by atoms with Crippen LogP contribution in [0, 0.1) is 13.8 Å². The third-order valence-corrected chi connectivity index (χ3v) is 4.86. The number of hydrogen-bond donors (Lipinski definition) is 2. The molecule has 5 nitrogen and oxygen atoms in total. The summed E-state index contributed by atoms with van der Waals surface area (Å²) in [5.41, 5.74) is 2.92. The van der Waals surface area contributed by atoms with Crippen LogP contribution in [0.4, 0.5) is 5.69 Å². The lowest BCUT2D eigenvalue weighted by Crippen LogP contribution is -2.45. The number of methoxy groups -OCH3 is 1. The minimum atomic E-state index is -0.687. The fourth-order valence-electron chi connectivity index (χ4n) is 2.88. The van der Waals surface area contributed by atoms with Crippen LogP contribution in [0.2, 0.25) is 0 Å². The second kappa shape index (κ2) is 8.63. The van der Waals surface area contributed by atoms with Gasteiger partial charge in [-0.3, -0.25) is 9.59 Å². The van der Waals surface area contributed by atoms with Gasteiger partial charge in [0.2, 0.25) is 0 Å². The van der Waals surface area contributed by atoms with Gasteiger partial charge < -0.3 is 15.4 Å². The Balaban J connectivity index is 2.06. The summed E-state index contributed by atoms with van der Waals surface area (Å²) in [5.74, 6) is -1.37. The van der Waals surface area contributed by atoms with Crippen molar-refractivity contribution in [3.63, 3.8) is 0 Å². The molecule has 0 fully saturated rings. The quantitative estimate of drug-likeness (QED) is 0.782. The van der Waals surface area contributed by atoms with Gasteiger partial charge in [-0.1, -0.05) is 49.4 Å². The Hall–Kier alpha value is -2.66. The number of benzene rings is 2. The first-order chi connectivity index (χ1) is 12.4. The molecule has 0 aliphatic heterocycles. The maximum absolute atomic E-state index is 12.3. The van der Waals surface area contributed by atoms with E-state index in [9.17, 15) is 9.59 Å². The molecular formula is C21H26N2O3. The molecule has 0 aromatic heterocycles. The van der Waals surface area contributed by atoms with Crippen molar-refractivity contribution in [2.45, 2.75) is 32.8 Å². The minimum absolute atomic E-state index is 0.211. The third kappa shape index (κ3) is 4.29. The van der Waals surface area contributed by atoms with Crippen LogP contribution < -0.4 is 10.6 Å². The average molecular weight is 354 g/mol. The predicted octanol–water partition coefficient (Wildman–Crippen LogP) is 3.31. The van der Waals surface area contributed by atoms with Gasteiger partial charge in [0, 0.05) is 12.8 Å². The third-order valence-electron chi connectivity index (χ3n) is 4.86. The Kier molecular flexibility index (Phi) is 6.52. The monoisotopic (exact) mass is 354 g/mol. The van der Waals surface area contributed by atoms with Gasteiger partial charge in [0.05, 0.1) is 6.54 Å². The molecule has 0 bridgehead atoms. The molecule has 0 saturated carbocycles. The van der Waals surface area contributed by atoms with Gasteiger partial charge >= 0.3 is 11.8 Å². The highest BCUT2D eigenvalue weighted by atomic mass is 16.5. The average Bonchev–Trinajstić information content (AvgIpc) is 2.67. The minimum Gasteiger partial charge on any atom is -0.372 e. The van der Waals surface area contributed by atoms with Gasteiger partial charge in [0.25, 0.3) is 0 Å². The van der Waals surface area contributed by atoms with Gasteiger partial charge in [0.15, 0.2) is 0 Å². The molecule has 0 spiro atoms. The van der Waals surface area contributed by atoms with Gasteiger partial charge in [-0.25, -0.2) is 0 Å². The Morgan fingerprint density at radius 3 is 2.31 bits per heavy atom. The van der Waals surface area contributed by atoms with E-state index in [0.717, 1.165) is 16.7 Å². The first-order valence-corrected chi connectivity index (χ1v) is 8.69. The van der Waals surface area contributed by atoms with E-state index in [1.54, 1.807) is 13.2 Å². The summed E-state index contributed by atoms with van der Waals surface area (Å²) in [5, 5.41) is 5.37. The molecule has 2 aromatic carbocycles. The highest BCUT2D eigenvalue weighted by molar-refractivity contribution is 6.39. The molecule has 138 valence electrons. The molecule has 1 unspecified atom stereocenters. The van der Waals surface area contributed by atoms with Gasteiger partial charge in [-0.2, -0.15) is 0 Å². The molecule has 5 heteroatoms. The van der Waals surface area contributed by atoms with E-state index >= 15 is 0 Å². The number of carbonyl (C=O) groups is 2. The van der Waals surface area contributed by atoms with E-state index in [1.807, 2.05) is 63.2 Å². The molecule has 0 aliphatic carbocycles. The largest absolute Gasteiger partial charge is 0.372 e. The molecule has 1 atom stereocenters. The Bertz CT molecular complexity index is 768. The van der Waals surface area contributed by atoms with Crippen LogP contribution in [0.5, 0.6) is 0 Å². The second-order valence-electron chi connectivity index (χ2n) is 6.30. The number of carbonyl (C=O) groups excluding carboxylic acids is 2. The second-order valence-corrected chi connectivity index (χ2v) is 6.30. The zero-order valence-corrected chi connectivity index (χ0v) is 15.8. The number of amides is 2. The van der Waals surface area contributed by atoms with E-state index in [4.69, 9.17) is 4.74 Å². The molecule has 0 saturated heterocycles. The van der Waals surface area contributed by atoms with Crippen molar-refractivity contribution in [1.29, 1.82) is 0 Å². The predicted molar refractivity (Wildman–Crippen MR) is 103 cm³/mol. The smallest absolute Gasteiger partial charge is 0.313 e. The number of anilines is 1. The van der Waals surface area contributed by atoms with Crippen molar-refractivity contribution in [2.24, 2.45) is 0 Å². The topological polar surface area (TPSA) is 67.4 Å². The molecule has 2 N–H and O–H groups in total. The van der Waals surface area contributed by atoms with Crippen LogP contribution in [-0.4, -0.2) is 25.5 Å². The van der Waals surface area contributed by atoms with Gasteiger partial charge in [0.1, 0.15) is 5.60 Å². The summed E-state index contributed by atoms with van der Waals surface area (Å²) in [7, 11) is 1.61. The van der Waals surface area contributed by atoms with Crippen molar-refractivity contribution in [1.82, 2.24) is 5.32 Å². The normalized spacial score (nSPS) is 12.9. The molecule has 0 heterocycles. The van der Waals surface area contributed by atoms with Crippen LogP contribution in [0.25, 0.3) is 0 Å². The van der Waals surface area contributed by atoms with Crippen LogP contribution in [0.1, 0.15) is 30.0 Å². The van der Waals surface area contributed by atoms with Crippen molar-refractivity contribution >= 4 is 17.5 Å². The molecule has 26 heavy (non-hydrogen) atoms. The van der Waals surface area contributed by atoms with E-state index in [2.05, 4.69) is 10.6 Å². The molecule has 2 amide bonds. The Labute approximate surface area is 154 Å². The number of nitrogens with one attached hydrogen (secondary N) is 2. The summed E-state index contributed by atoms with van der Waals surface area (Å²) in [6.45, 7) is 6.06. The van der Waals surface area contributed by atoms with Gasteiger partial charge in [-0.05, 0) is 43.0 Å². The SMILES string of the molecule is CCC(CNC(=O)C(=O)Nc1cccc(C)c1C)(OC)c1ccccc1. The molecule has 0 radical (unpaired) electrons. The van der Waals surface area contributed by atoms with Crippen LogP contribution in [0.3, 0.4) is 0 Å². The van der Waals surface area contributed by atoms with E-state index in [0.29, 0.717) is 12.1 Å². The van der Waals surface area contributed by atoms with Crippen molar-refractivity contribution in [2.75, 3.05) is 19.0 Å². The zero-order valence-electron chi connectivity index (χ0n) is 15.8. The fourth-order valence-corrected chi connectivity index (χ4v) is 2.88. The molecule has 2 aromatic rings. The molecular weight excluding hydrogens is 328 g/mol. The van der Waals surface area contributed by atoms with Crippen LogP contribution in [-0.2, 0) is 19.9 Å². The van der Waals surface area contributed by atoms with Crippen molar-refractivity contribution in [3.8, 4) is 0 Å². The Morgan fingerprint density at radius 1 is 1.00 bits per heavy atom. The van der Waals surface area contributed by atoms with Gasteiger partial charge in [-0.15, -0.1) is 0 Å². The van der Waals surface area contributed by atoms with Crippen molar-refractivity contribution < 1.29 is 14.3 Å². The summed E-state index contributed by atoms with van der Waals surface area (Å²) < 4.78 is 5.71. The van der Waals surface area contributed by atoms with Crippen molar-refractivity contribution in [3.05, 3.63) is 65.2 Å². The van der Waals surface area contributed by atoms with Crippen LogP contribution in [0.15, 0.2) is 48.5 Å². The maximum Gasteiger partial charge on any atom is 0.313 e. The highest BCUT2D eigenvalue weighted by Crippen LogP contribution is 2.28. The lowest BCUT2D eigenvalue weighted by atomic mass is 9.90. The maximum atomic E-state index is 12.3. The summed E-state index contributed by atoms with van der Waals surface area (Å²) in [6.07, 6.45) is 0.659. The number of aryl methyl sites for hydroxylation is 1. The number of ether oxygens (including phenoxy) is 1. The zero-order chi connectivity index (χ0) is 19.2. The fraction of sp³-hybridized carbons (Fsp3) is 0.333. The molecule has 2 rings (SSSR count). The Morgan fingerprint density at radius 2 is 1.69 bits per heavy atom. The highest BCUT2D eigenvalue weighted by Gasteiger charge is 2.31. The van der Waals surface area contributed by atoms with Crippen LogP contribution >= 0.6 is 0 Å². The summed E-state index contributed by atoms with van der Waals surface area (Å²) >= 11 is 0. The van der Waals surface area contributed by atoms with E-state index in [1.165, 1.54) is 0 Å². The first kappa shape index (κ1) is 19.7. The summed E-state index contributed by atoms with van der Waals surface area (Å²) in [6, 6.07) is 15.3. The lowest BCUT2D eigenvalue weighted by molar-refractivity contribution is -0.137. The molecule has 0 aliphatic rings.